The third-order valence-corrected chi connectivity index (χ3v) is 7.41. The molecule has 0 fully saturated rings. The molecule has 226 valence electrons. The SMILES string of the molecule is OC1(C2=CCNCC2)C=CC(c2cccc(COc3ccccc3C(F)(F)F)c2)C(COc2ccccc2C(F)(F)F)=C1. The maximum Gasteiger partial charge on any atom is 0.419 e. The van der Waals surface area contributed by atoms with E-state index >= 15 is 0 Å². The van der Waals surface area contributed by atoms with Gasteiger partial charge in [-0.05, 0) is 71.7 Å². The van der Waals surface area contributed by atoms with Gasteiger partial charge in [-0.15, -0.1) is 0 Å². The lowest BCUT2D eigenvalue weighted by molar-refractivity contribution is -0.139. The van der Waals surface area contributed by atoms with Crippen molar-refractivity contribution in [2.45, 2.75) is 36.9 Å². The van der Waals surface area contributed by atoms with E-state index in [0.717, 1.165) is 17.7 Å². The minimum atomic E-state index is -4.61. The molecule has 10 heteroatoms. The molecule has 1 aliphatic carbocycles. The minimum Gasteiger partial charge on any atom is -0.489 e. The van der Waals surface area contributed by atoms with Crippen LogP contribution in [0.4, 0.5) is 26.3 Å². The molecule has 0 spiro atoms. The Morgan fingerprint density at radius 1 is 0.814 bits per heavy atom. The molecule has 0 saturated heterocycles. The Kier molecular flexibility index (Phi) is 8.71. The maximum atomic E-state index is 13.6. The van der Waals surface area contributed by atoms with Gasteiger partial charge in [0.1, 0.15) is 30.3 Å². The Bertz CT molecular complexity index is 1540. The van der Waals surface area contributed by atoms with Crippen molar-refractivity contribution in [1.82, 2.24) is 5.32 Å². The maximum absolute atomic E-state index is 13.6. The van der Waals surface area contributed by atoms with E-state index in [-0.39, 0.29) is 24.7 Å². The zero-order valence-corrected chi connectivity index (χ0v) is 22.9. The Balaban J connectivity index is 1.43. The molecule has 1 aliphatic heterocycles. The van der Waals surface area contributed by atoms with Crippen LogP contribution < -0.4 is 14.8 Å². The van der Waals surface area contributed by atoms with E-state index in [1.54, 1.807) is 42.5 Å². The molecule has 2 unspecified atom stereocenters. The van der Waals surface area contributed by atoms with Crippen LogP contribution in [-0.2, 0) is 19.0 Å². The standard InChI is InChI=1S/C33H29F6NO3/c34-32(35,36)27-8-1-3-10-29(27)42-20-22-6-5-7-23(18-22)26-12-15-31(41,25-13-16-40-17-14-25)19-24(26)21-43-30-11-4-2-9-28(30)33(37,38)39/h1-13,15,18-19,26,40-41H,14,16-17,20-21H2. The molecule has 2 atom stereocenters. The predicted molar refractivity (Wildman–Crippen MR) is 150 cm³/mol. The van der Waals surface area contributed by atoms with Crippen molar-refractivity contribution in [3.63, 3.8) is 0 Å². The summed E-state index contributed by atoms with van der Waals surface area (Å²) in [7, 11) is 0. The molecule has 3 aromatic carbocycles. The third kappa shape index (κ3) is 7.14. The van der Waals surface area contributed by atoms with Crippen molar-refractivity contribution in [3.8, 4) is 11.5 Å². The van der Waals surface area contributed by atoms with Crippen molar-refractivity contribution in [2.24, 2.45) is 0 Å². The number of alkyl halides is 6. The Morgan fingerprint density at radius 2 is 1.44 bits per heavy atom. The summed E-state index contributed by atoms with van der Waals surface area (Å²) >= 11 is 0. The number of nitrogens with one attached hydrogen (secondary N) is 1. The Labute approximate surface area is 245 Å². The van der Waals surface area contributed by atoms with Crippen LogP contribution in [0.2, 0.25) is 0 Å². The normalized spacial score (nSPS) is 20.8. The zero-order chi connectivity index (χ0) is 30.7. The molecule has 2 aliphatic rings. The van der Waals surface area contributed by atoms with E-state index in [9.17, 15) is 31.4 Å². The molecule has 3 aromatic rings. The number of allylic oxidation sites excluding steroid dienone is 1. The van der Waals surface area contributed by atoms with Gasteiger partial charge in [0.05, 0.1) is 11.1 Å². The van der Waals surface area contributed by atoms with Gasteiger partial charge in [-0.2, -0.15) is 26.3 Å². The molecule has 0 bridgehead atoms. The molecule has 5 rings (SSSR count). The number of aliphatic hydroxyl groups is 1. The van der Waals surface area contributed by atoms with Gasteiger partial charge in [0.15, 0.2) is 0 Å². The fraction of sp³-hybridized carbons (Fsp3) is 0.273. The average molecular weight is 602 g/mol. The highest BCUT2D eigenvalue weighted by Crippen LogP contribution is 2.40. The van der Waals surface area contributed by atoms with E-state index in [4.69, 9.17) is 9.47 Å². The zero-order valence-electron chi connectivity index (χ0n) is 22.9. The molecule has 0 aromatic heterocycles. The number of hydrogen-bond donors (Lipinski definition) is 2. The van der Waals surface area contributed by atoms with Crippen LogP contribution in [0.1, 0.15) is 34.6 Å². The van der Waals surface area contributed by atoms with Gasteiger partial charge in [0.25, 0.3) is 0 Å². The first-order valence-corrected chi connectivity index (χ1v) is 13.6. The fourth-order valence-electron chi connectivity index (χ4n) is 5.28. The lowest BCUT2D eigenvalue weighted by Crippen LogP contribution is -2.35. The second kappa shape index (κ2) is 12.3. The highest BCUT2D eigenvalue weighted by atomic mass is 19.4. The summed E-state index contributed by atoms with van der Waals surface area (Å²) < 4.78 is 92.4. The van der Waals surface area contributed by atoms with Gasteiger partial charge in [-0.25, -0.2) is 0 Å². The van der Waals surface area contributed by atoms with Gasteiger partial charge in [-0.1, -0.05) is 60.7 Å². The first kappa shape index (κ1) is 30.4. The summed E-state index contributed by atoms with van der Waals surface area (Å²) in [6.07, 6.45) is -1.67. The van der Waals surface area contributed by atoms with Crippen LogP contribution in [0.3, 0.4) is 0 Å². The minimum absolute atomic E-state index is 0.143. The summed E-state index contributed by atoms with van der Waals surface area (Å²) in [5.41, 5.74) is -0.638. The quantitative estimate of drug-likeness (QED) is 0.206. The summed E-state index contributed by atoms with van der Waals surface area (Å²) in [4.78, 5) is 0. The van der Waals surface area contributed by atoms with E-state index in [1.807, 2.05) is 6.08 Å². The van der Waals surface area contributed by atoms with Crippen molar-refractivity contribution < 1.29 is 40.9 Å². The van der Waals surface area contributed by atoms with E-state index in [1.165, 1.54) is 36.4 Å². The number of ether oxygens (including phenoxy) is 2. The van der Waals surface area contributed by atoms with Gasteiger partial charge in [0, 0.05) is 12.5 Å². The van der Waals surface area contributed by atoms with Gasteiger partial charge in [0.2, 0.25) is 0 Å². The lowest BCUT2D eigenvalue weighted by atomic mass is 9.77. The second-order valence-corrected chi connectivity index (χ2v) is 10.4. The number of benzene rings is 3. The van der Waals surface area contributed by atoms with Crippen LogP contribution in [0.25, 0.3) is 0 Å². The molecule has 43 heavy (non-hydrogen) atoms. The lowest BCUT2D eigenvalue weighted by Gasteiger charge is -2.34. The predicted octanol–water partition coefficient (Wildman–Crippen LogP) is 7.61. The van der Waals surface area contributed by atoms with Gasteiger partial charge in [-0.3, -0.25) is 0 Å². The van der Waals surface area contributed by atoms with Crippen molar-refractivity contribution in [1.29, 1.82) is 0 Å². The van der Waals surface area contributed by atoms with Crippen LogP contribution in [0.15, 0.2) is 108 Å². The molecule has 4 nitrogen and oxygen atoms in total. The Morgan fingerprint density at radius 3 is 2.05 bits per heavy atom. The Hall–Kier alpha value is -4.02. The number of hydrogen-bond acceptors (Lipinski definition) is 4. The molecule has 0 amide bonds. The van der Waals surface area contributed by atoms with Gasteiger partial charge < -0.3 is 19.9 Å². The van der Waals surface area contributed by atoms with E-state index in [0.29, 0.717) is 36.2 Å². The molecule has 0 radical (unpaired) electrons. The van der Waals surface area contributed by atoms with Crippen molar-refractivity contribution in [2.75, 3.05) is 19.7 Å². The first-order valence-electron chi connectivity index (χ1n) is 13.6. The van der Waals surface area contributed by atoms with Crippen molar-refractivity contribution in [3.05, 3.63) is 131 Å². The topological polar surface area (TPSA) is 50.7 Å². The summed E-state index contributed by atoms with van der Waals surface area (Å²) in [5, 5.41) is 14.7. The highest BCUT2D eigenvalue weighted by molar-refractivity contribution is 5.48. The molecule has 1 heterocycles. The summed E-state index contributed by atoms with van der Waals surface area (Å²) in [5.74, 6) is -1.11. The van der Waals surface area contributed by atoms with E-state index < -0.39 is 35.0 Å². The number of para-hydroxylation sites is 2. The summed E-state index contributed by atoms with van der Waals surface area (Å²) in [6, 6.07) is 16.9. The van der Waals surface area contributed by atoms with Crippen molar-refractivity contribution >= 4 is 0 Å². The van der Waals surface area contributed by atoms with Crippen LogP contribution in [0.5, 0.6) is 11.5 Å². The van der Waals surface area contributed by atoms with Crippen LogP contribution in [0, 0.1) is 0 Å². The molecule has 2 N–H and O–H groups in total. The fourth-order valence-corrected chi connectivity index (χ4v) is 5.28. The van der Waals surface area contributed by atoms with Crippen LogP contribution >= 0.6 is 0 Å². The second-order valence-electron chi connectivity index (χ2n) is 10.4. The average Bonchev–Trinajstić information content (AvgIpc) is 2.99. The molecular formula is C33H29F6NO3. The first-order chi connectivity index (χ1) is 20.4. The van der Waals surface area contributed by atoms with Gasteiger partial charge >= 0.3 is 12.4 Å². The van der Waals surface area contributed by atoms with Crippen LogP contribution in [-0.4, -0.2) is 30.4 Å². The monoisotopic (exact) mass is 601 g/mol. The summed E-state index contributed by atoms with van der Waals surface area (Å²) in [6.45, 7) is 0.863. The molecule has 0 saturated carbocycles. The largest absolute Gasteiger partial charge is 0.489 e. The van der Waals surface area contributed by atoms with E-state index in [2.05, 4.69) is 5.32 Å². The number of halogens is 6. The highest BCUT2D eigenvalue weighted by Gasteiger charge is 2.36. The number of rotatable bonds is 8. The molecular weight excluding hydrogens is 572 g/mol. The third-order valence-electron chi connectivity index (χ3n) is 7.41. The smallest absolute Gasteiger partial charge is 0.419 e.